The number of hydrazone groups is 1. The Morgan fingerprint density at radius 2 is 2.03 bits per heavy atom. The third-order valence-electron chi connectivity index (χ3n) is 6.71. The Labute approximate surface area is 189 Å². The van der Waals surface area contributed by atoms with Crippen LogP contribution in [-0.4, -0.2) is 45.8 Å². The first-order chi connectivity index (χ1) is 15.0. The van der Waals surface area contributed by atoms with Crippen molar-refractivity contribution in [3.8, 4) is 0 Å². The highest BCUT2D eigenvalue weighted by molar-refractivity contribution is 6.30. The molecule has 1 aromatic carbocycles. The summed E-state index contributed by atoms with van der Waals surface area (Å²) < 4.78 is 0. The Hall–Kier alpha value is -2.28. The molecule has 8 heteroatoms. The normalized spacial score (nSPS) is 26.0. The highest BCUT2D eigenvalue weighted by Crippen LogP contribution is 2.38. The van der Waals surface area contributed by atoms with Gasteiger partial charge in [0.15, 0.2) is 6.29 Å². The van der Waals surface area contributed by atoms with E-state index in [0.29, 0.717) is 24.4 Å². The average Bonchev–Trinajstić information content (AvgIpc) is 3.20. The fraction of sp³-hybridized carbons (Fsp3) is 0.609. The second-order valence-electron chi connectivity index (χ2n) is 8.87. The second kappa shape index (κ2) is 9.47. The average molecular weight is 446 g/mol. The maximum atomic E-state index is 13.4. The van der Waals surface area contributed by atoms with Crippen molar-refractivity contribution in [2.24, 2.45) is 11.0 Å². The Balaban J connectivity index is 1.50. The summed E-state index contributed by atoms with van der Waals surface area (Å²) in [6.07, 6.45) is 5.68. The molecule has 2 heterocycles. The summed E-state index contributed by atoms with van der Waals surface area (Å²) >= 11 is 6.03. The predicted octanol–water partition coefficient (Wildman–Crippen LogP) is 3.44. The van der Waals surface area contributed by atoms with E-state index in [-0.39, 0.29) is 36.1 Å². The number of carbonyl (C=O) groups is 2. The Bertz CT molecular complexity index is 843. The van der Waals surface area contributed by atoms with Gasteiger partial charge in [0, 0.05) is 36.5 Å². The number of halogens is 1. The molecule has 7 nitrogen and oxygen atoms in total. The molecule has 4 unspecified atom stereocenters. The number of nitrogens with zero attached hydrogens (tertiary/aromatic N) is 3. The molecule has 2 amide bonds. The van der Waals surface area contributed by atoms with E-state index in [0.717, 1.165) is 43.5 Å². The summed E-state index contributed by atoms with van der Waals surface area (Å²) in [4.78, 5) is 29.9. The molecule has 4 atom stereocenters. The lowest BCUT2D eigenvalue weighted by molar-refractivity contribution is -0.156. The molecule has 1 aromatic rings. The summed E-state index contributed by atoms with van der Waals surface area (Å²) in [6, 6.07) is 7.96. The summed E-state index contributed by atoms with van der Waals surface area (Å²) in [7, 11) is 0. The number of rotatable bonds is 7. The van der Waals surface area contributed by atoms with Gasteiger partial charge in [0.25, 0.3) is 0 Å². The van der Waals surface area contributed by atoms with Gasteiger partial charge in [0.2, 0.25) is 11.8 Å². The first-order valence-electron chi connectivity index (χ1n) is 11.4. The molecule has 1 saturated heterocycles. The summed E-state index contributed by atoms with van der Waals surface area (Å²) in [5.74, 6) is 1.11. The van der Waals surface area contributed by atoms with Gasteiger partial charge < -0.3 is 10.2 Å². The van der Waals surface area contributed by atoms with Crippen LogP contribution in [0, 0.1) is 5.92 Å². The number of fused-ring (bicyclic) bond motifs is 3. The van der Waals surface area contributed by atoms with Gasteiger partial charge in [-0.15, -0.1) is 0 Å². The molecule has 0 radical (unpaired) electrons. The van der Waals surface area contributed by atoms with Crippen molar-refractivity contribution in [3.05, 3.63) is 34.9 Å². The van der Waals surface area contributed by atoms with Crippen molar-refractivity contribution in [3.63, 3.8) is 0 Å². The lowest BCUT2D eigenvalue weighted by Gasteiger charge is -2.50. The maximum absolute atomic E-state index is 13.4. The lowest BCUT2D eigenvalue weighted by Crippen LogP contribution is -2.67. The van der Waals surface area contributed by atoms with Gasteiger partial charge in [-0.25, -0.2) is 0 Å². The number of hydrogen-bond donors (Lipinski definition) is 2. The molecule has 2 aliphatic heterocycles. The van der Waals surface area contributed by atoms with Gasteiger partial charge in [-0.05, 0) is 43.9 Å². The summed E-state index contributed by atoms with van der Waals surface area (Å²) in [5, 5.41) is 8.29. The van der Waals surface area contributed by atoms with E-state index < -0.39 is 0 Å². The Morgan fingerprint density at radius 1 is 1.29 bits per heavy atom. The van der Waals surface area contributed by atoms with E-state index in [2.05, 4.69) is 27.7 Å². The topological polar surface area (TPSA) is 77.0 Å². The van der Waals surface area contributed by atoms with Crippen molar-refractivity contribution < 1.29 is 9.59 Å². The molecular formula is C23H32ClN5O2. The zero-order valence-electron chi connectivity index (χ0n) is 18.3. The standard InChI is InChI=1S/C23H32ClN5O2/c1-3-15(2)25-21(30)13-12-20-26-27-23-28(14-16-8-10-17(24)11-9-16)22(31)18-6-4-5-7-19(18)29(20)23/h8-11,15,18-19,23,27H,3-7,12-14H2,1-2H3,(H,25,30). The second-order valence-corrected chi connectivity index (χ2v) is 9.30. The van der Waals surface area contributed by atoms with Crippen molar-refractivity contribution >= 4 is 29.3 Å². The zero-order chi connectivity index (χ0) is 22.0. The highest BCUT2D eigenvalue weighted by atomic mass is 35.5. The van der Waals surface area contributed by atoms with Crippen molar-refractivity contribution in [1.82, 2.24) is 20.5 Å². The monoisotopic (exact) mass is 445 g/mol. The largest absolute Gasteiger partial charge is 0.354 e. The Morgan fingerprint density at radius 3 is 2.77 bits per heavy atom. The molecule has 1 saturated carbocycles. The van der Waals surface area contributed by atoms with E-state index in [1.54, 1.807) is 0 Å². The molecule has 2 fully saturated rings. The molecule has 31 heavy (non-hydrogen) atoms. The molecule has 1 aliphatic carbocycles. The number of nitrogens with one attached hydrogen (secondary N) is 2. The van der Waals surface area contributed by atoms with Crippen LogP contribution < -0.4 is 10.7 Å². The number of carbonyl (C=O) groups excluding carboxylic acids is 2. The molecule has 0 bridgehead atoms. The molecular weight excluding hydrogens is 414 g/mol. The quantitative estimate of drug-likeness (QED) is 0.674. The van der Waals surface area contributed by atoms with E-state index in [4.69, 9.17) is 11.6 Å². The molecule has 0 aromatic heterocycles. The summed E-state index contributed by atoms with van der Waals surface area (Å²) in [6.45, 7) is 4.58. The van der Waals surface area contributed by atoms with Crippen LogP contribution in [0.4, 0.5) is 0 Å². The van der Waals surface area contributed by atoms with E-state index in [9.17, 15) is 9.59 Å². The maximum Gasteiger partial charge on any atom is 0.231 e. The van der Waals surface area contributed by atoms with Crippen LogP contribution in [0.2, 0.25) is 5.02 Å². The van der Waals surface area contributed by atoms with Crippen LogP contribution in [0.15, 0.2) is 29.4 Å². The van der Waals surface area contributed by atoms with Gasteiger partial charge in [0.05, 0.1) is 5.92 Å². The van der Waals surface area contributed by atoms with Gasteiger partial charge in [-0.1, -0.05) is 43.5 Å². The minimum Gasteiger partial charge on any atom is -0.354 e. The third kappa shape index (κ3) is 4.66. The molecule has 3 aliphatic rings. The summed E-state index contributed by atoms with van der Waals surface area (Å²) in [5.41, 5.74) is 4.23. The first-order valence-corrected chi connectivity index (χ1v) is 11.8. The zero-order valence-corrected chi connectivity index (χ0v) is 19.1. The van der Waals surface area contributed by atoms with Gasteiger partial charge in [-0.2, -0.15) is 5.10 Å². The SMILES string of the molecule is CCC(C)NC(=O)CCC1=NNC2N(Cc3ccc(Cl)cc3)C(=O)C3CCCCC3N12. The van der Waals surface area contributed by atoms with E-state index in [1.807, 2.05) is 36.1 Å². The van der Waals surface area contributed by atoms with E-state index >= 15 is 0 Å². The van der Waals surface area contributed by atoms with Crippen molar-refractivity contribution in [1.29, 1.82) is 0 Å². The van der Waals surface area contributed by atoms with Gasteiger partial charge in [-0.3, -0.25) is 19.9 Å². The fourth-order valence-corrected chi connectivity index (χ4v) is 4.99. The first kappa shape index (κ1) is 21.9. The predicted molar refractivity (Wildman–Crippen MR) is 121 cm³/mol. The van der Waals surface area contributed by atoms with Crippen LogP contribution >= 0.6 is 11.6 Å². The van der Waals surface area contributed by atoms with E-state index in [1.165, 1.54) is 0 Å². The minimum atomic E-state index is -0.296. The number of amides is 2. The van der Waals surface area contributed by atoms with Crippen LogP contribution in [0.1, 0.15) is 64.4 Å². The van der Waals surface area contributed by atoms with Crippen LogP contribution in [-0.2, 0) is 16.1 Å². The minimum absolute atomic E-state index is 0.0173. The fourth-order valence-electron chi connectivity index (χ4n) is 4.86. The van der Waals surface area contributed by atoms with Crippen molar-refractivity contribution in [2.45, 2.75) is 83.7 Å². The molecule has 2 N–H and O–H groups in total. The number of benzene rings is 1. The molecule has 4 rings (SSSR count). The lowest BCUT2D eigenvalue weighted by atomic mass is 9.80. The number of hydrogen-bond acceptors (Lipinski definition) is 5. The third-order valence-corrected chi connectivity index (χ3v) is 6.97. The number of amidine groups is 1. The van der Waals surface area contributed by atoms with Crippen LogP contribution in [0.5, 0.6) is 0 Å². The van der Waals surface area contributed by atoms with Gasteiger partial charge >= 0.3 is 0 Å². The molecule has 0 spiro atoms. The van der Waals surface area contributed by atoms with Crippen molar-refractivity contribution in [2.75, 3.05) is 0 Å². The smallest absolute Gasteiger partial charge is 0.231 e. The van der Waals surface area contributed by atoms with Crippen LogP contribution in [0.3, 0.4) is 0 Å². The highest BCUT2D eigenvalue weighted by Gasteiger charge is 2.50. The molecule has 168 valence electrons. The van der Waals surface area contributed by atoms with Gasteiger partial charge in [0.1, 0.15) is 5.84 Å². The Kier molecular flexibility index (Phi) is 6.70. The van der Waals surface area contributed by atoms with Crippen LogP contribution in [0.25, 0.3) is 0 Å².